The fraction of sp³-hybridized carbons (Fsp3) is 0.238. The number of halogens is 1. The largest absolute Gasteiger partial charge is 0.481 e. The molecule has 0 radical (unpaired) electrons. The van der Waals surface area contributed by atoms with E-state index >= 15 is 0 Å². The van der Waals surface area contributed by atoms with Crippen LogP contribution < -0.4 is 10.1 Å². The minimum absolute atomic E-state index is 0.242. The molecule has 0 aliphatic rings. The molecular formula is C21H21ClN2O2S. The van der Waals surface area contributed by atoms with Crippen LogP contribution in [-0.4, -0.2) is 17.0 Å². The van der Waals surface area contributed by atoms with Crippen LogP contribution in [0, 0.1) is 20.8 Å². The lowest BCUT2D eigenvalue weighted by atomic mass is 10.1. The number of aryl methyl sites for hydroxylation is 3. The van der Waals surface area contributed by atoms with E-state index in [1.54, 1.807) is 6.92 Å². The zero-order chi connectivity index (χ0) is 19.6. The Kier molecular flexibility index (Phi) is 5.82. The van der Waals surface area contributed by atoms with Gasteiger partial charge in [0, 0.05) is 15.5 Å². The number of thiazole rings is 1. The molecule has 0 saturated heterocycles. The second-order valence-electron chi connectivity index (χ2n) is 6.41. The third-order valence-electron chi connectivity index (χ3n) is 4.17. The summed E-state index contributed by atoms with van der Waals surface area (Å²) >= 11 is 7.63. The van der Waals surface area contributed by atoms with Gasteiger partial charge in [-0.2, -0.15) is 0 Å². The first-order valence-corrected chi connectivity index (χ1v) is 9.81. The fourth-order valence-electron chi connectivity index (χ4n) is 2.75. The Morgan fingerprint density at radius 2 is 1.78 bits per heavy atom. The van der Waals surface area contributed by atoms with Gasteiger partial charge < -0.3 is 4.74 Å². The fourth-order valence-corrected chi connectivity index (χ4v) is 3.70. The zero-order valence-corrected chi connectivity index (χ0v) is 17.2. The number of rotatable bonds is 5. The van der Waals surface area contributed by atoms with Gasteiger partial charge in [0.1, 0.15) is 5.75 Å². The summed E-state index contributed by atoms with van der Waals surface area (Å²) in [4.78, 5) is 18.1. The predicted octanol–water partition coefficient (Wildman–Crippen LogP) is 5.79. The van der Waals surface area contributed by atoms with E-state index in [1.807, 2.05) is 63.2 Å². The van der Waals surface area contributed by atoms with E-state index in [1.165, 1.54) is 11.3 Å². The summed E-state index contributed by atoms with van der Waals surface area (Å²) in [5.41, 5.74) is 3.75. The molecule has 1 aromatic heterocycles. The van der Waals surface area contributed by atoms with E-state index in [9.17, 15) is 4.79 Å². The Labute approximate surface area is 168 Å². The molecule has 4 nitrogen and oxygen atoms in total. The van der Waals surface area contributed by atoms with E-state index in [-0.39, 0.29) is 5.91 Å². The van der Waals surface area contributed by atoms with Crippen LogP contribution in [0.15, 0.2) is 42.5 Å². The summed E-state index contributed by atoms with van der Waals surface area (Å²) in [7, 11) is 0. The molecule has 0 bridgehead atoms. The minimum atomic E-state index is -0.658. The number of carbonyl (C=O) groups is 1. The van der Waals surface area contributed by atoms with Gasteiger partial charge in [0.25, 0.3) is 5.91 Å². The third-order valence-corrected chi connectivity index (χ3v) is 5.65. The molecule has 2 aromatic carbocycles. The molecule has 140 valence electrons. The van der Waals surface area contributed by atoms with Gasteiger partial charge in [-0.25, -0.2) is 4.98 Å². The number of hydrogen-bond acceptors (Lipinski definition) is 4. The van der Waals surface area contributed by atoms with Crippen LogP contribution in [0.3, 0.4) is 0 Å². The van der Waals surface area contributed by atoms with Gasteiger partial charge in [0.15, 0.2) is 11.2 Å². The standard InChI is InChI=1S/C21H21ClN2O2S/c1-12-10-17(11-13(2)18(12)22)26-14(3)20(25)24-21-23-19(15(4)27-21)16-8-6-5-7-9-16/h5-11,14H,1-4H3,(H,23,24,25). The quantitative estimate of drug-likeness (QED) is 0.589. The lowest BCUT2D eigenvalue weighted by Crippen LogP contribution is -2.30. The summed E-state index contributed by atoms with van der Waals surface area (Å²) in [6.07, 6.45) is -0.658. The second-order valence-corrected chi connectivity index (χ2v) is 7.99. The molecule has 0 saturated carbocycles. The topological polar surface area (TPSA) is 51.2 Å². The summed E-state index contributed by atoms with van der Waals surface area (Å²) in [5.74, 6) is 0.381. The van der Waals surface area contributed by atoms with Crippen LogP contribution in [0.25, 0.3) is 11.3 Å². The third kappa shape index (κ3) is 4.49. The highest BCUT2D eigenvalue weighted by molar-refractivity contribution is 7.16. The number of anilines is 1. The van der Waals surface area contributed by atoms with Crippen molar-refractivity contribution >= 4 is 34.0 Å². The van der Waals surface area contributed by atoms with Crippen molar-refractivity contribution in [3.8, 4) is 17.0 Å². The number of hydrogen-bond donors (Lipinski definition) is 1. The molecule has 3 aromatic rings. The van der Waals surface area contributed by atoms with E-state index in [0.717, 1.165) is 27.3 Å². The van der Waals surface area contributed by atoms with E-state index in [0.29, 0.717) is 15.9 Å². The van der Waals surface area contributed by atoms with Gasteiger partial charge >= 0.3 is 0 Å². The smallest absolute Gasteiger partial charge is 0.266 e. The van der Waals surface area contributed by atoms with Crippen molar-refractivity contribution in [2.45, 2.75) is 33.8 Å². The SMILES string of the molecule is Cc1cc(OC(C)C(=O)Nc2nc(-c3ccccc3)c(C)s2)cc(C)c1Cl. The summed E-state index contributed by atoms with van der Waals surface area (Å²) in [5, 5.41) is 4.13. The van der Waals surface area contributed by atoms with Crippen molar-refractivity contribution in [3.05, 3.63) is 63.5 Å². The van der Waals surface area contributed by atoms with Crippen molar-refractivity contribution in [1.29, 1.82) is 0 Å². The first kappa shape index (κ1) is 19.4. The van der Waals surface area contributed by atoms with Gasteiger partial charge in [-0.15, -0.1) is 11.3 Å². The summed E-state index contributed by atoms with van der Waals surface area (Å²) < 4.78 is 5.79. The zero-order valence-electron chi connectivity index (χ0n) is 15.7. The lowest BCUT2D eigenvalue weighted by molar-refractivity contribution is -0.122. The molecular weight excluding hydrogens is 380 g/mol. The van der Waals surface area contributed by atoms with Gasteiger partial charge in [0.2, 0.25) is 0 Å². The molecule has 27 heavy (non-hydrogen) atoms. The maximum Gasteiger partial charge on any atom is 0.266 e. The second kappa shape index (κ2) is 8.11. The Bertz CT molecular complexity index is 947. The van der Waals surface area contributed by atoms with Crippen molar-refractivity contribution in [2.75, 3.05) is 5.32 Å². The molecule has 1 unspecified atom stereocenters. The highest BCUT2D eigenvalue weighted by atomic mass is 35.5. The molecule has 0 aliphatic carbocycles. The van der Waals surface area contributed by atoms with Crippen LogP contribution in [0.4, 0.5) is 5.13 Å². The van der Waals surface area contributed by atoms with Crippen LogP contribution in [0.1, 0.15) is 22.9 Å². The molecule has 3 rings (SSSR count). The van der Waals surface area contributed by atoms with Gasteiger partial charge in [-0.1, -0.05) is 41.9 Å². The van der Waals surface area contributed by atoms with E-state index in [4.69, 9.17) is 16.3 Å². The van der Waals surface area contributed by atoms with Crippen LogP contribution in [0.5, 0.6) is 5.75 Å². The minimum Gasteiger partial charge on any atom is -0.481 e. The average molecular weight is 401 g/mol. The summed E-state index contributed by atoms with van der Waals surface area (Å²) in [6, 6.07) is 13.6. The molecule has 0 fully saturated rings. The highest BCUT2D eigenvalue weighted by Gasteiger charge is 2.18. The predicted molar refractivity (Wildman–Crippen MR) is 112 cm³/mol. The Morgan fingerprint density at radius 3 is 2.41 bits per heavy atom. The van der Waals surface area contributed by atoms with Crippen LogP contribution >= 0.6 is 22.9 Å². The average Bonchev–Trinajstić information content (AvgIpc) is 3.00. The first-order valence-electron chi connectivity index (χ1n) is 8.62. The Morgan fingerprint density at radius 1 is 1.15 bits per heavy atom. The number of benzene rings is 2. The lowest BCUT2D eigenvalue weighted by Gasteiger charge is -2.15. The number of aromatic nitrogens is 1. The Hall–Kier alpha value is -2.37. The highest BCUT2D eigenvalue weighted by Crippen LogP contribution is 2.30. The Balaban J connectivity index is 1.70. The molecule has 1 heterocycles. The van der Waals surface area contributed by atoms with Crippen molar-refractivity contribution in [3.63, 3.8) is 0 Å². The molecule has 6 heteroatoms. The normalized spacial score (nSPS) is 11.9. The number of carbonyl (C=O) groups excluding carboxylic acids is 1. The number of ether oxygens (including phenoxy) is 1. The summed E-state index contributed by atoms with van der Waals surface area (Å²) in [6.45, 7) is 7.54. The molecule has 1 amide bonds. The van der Waals surface area contributed by atoms with Crippen molar-refractivity contribution in [1.82, 2.24) is 4.98 Å². The number of amides is 1. The van der Waals surface area contributed by atoms with E-state index < -0.39 is 6.10 Å². The van der Waals surface area contributed by atoms with Crippen LogP contribution in [0.2, 0.25) is 5.02 Å². The van der Waals surface area contributed by atoms with Crippen molar-refractivity contribution < 1.29 is 9.53 Å². The maximum atomic E-state index is 12.5. The molecule has 0 spiro atoms. The maximum absolute atomic E-state index is 12.5. The molecule has 1 N–H and O–H groups in total. The van der Waals surface area contributed by atoms with E-state index in [2.05, 4.69) is 10.3 Å². The van der Waals surface area contributed by atoms with Crippen molar-refractivity contribution in [2.24, 2.45) is 0 Å². The molecule has 1 atom stereocenters. The van der Waals surface area contributed by atoms with Gasteiger partial charge in [0.05, 0.1) is 5.69 Å². The van der Waals surface area contributed by atoms with Gasteiger partial charge in [-0.05, 0) is 51.0 Å². The monoisotopic (exact) mass is 400 g/mol. The van der Waals surface area contributed by atoms with Gasteiger partial charge in [-0.3, -0.25) is 10.1 Å². The molecule has 0 aliphatic heterocycles. The first-order chi connectivity index (χ1) is 12.8. The number of nitrogens with zero attached hydrogens (tertiary/aromatic N) is 1. The van der Waals surface area contributed by atoms with Crippen LogP contribution in [-0.2, 0) is 4.79 Å². The number of nitrogens with one attached hydrogen (secondary N) is 1.